The smallest absolute Gasteiger partial charge is 0.269 e. The molecule has 1 aliphatic heterocycles. The lowest BCUT2D eigenvalue weighted by atomic mass is 9.96. The fourth-order valence-electron chi connectivity index (χ4n) is 3.21. The number of anilines is 1. The first kappa shape index (κ1) is 16.9. The van der Waals surface area contributed by atoms with Crippen molar-refractivity contribution in [2.24, 2.45) is 5.73 Å². The number of amides is 1. The summed E-state index contributed by atoms with van der Waals surface area (Å²) in [7, 11) is 0. The Morgan fingerprint density at radius 2 is 2.25 bits per heavy atom. The summed E-state index contributed by atoms with van der Waals surface area (Å²) >= 11 is 3.43. The van der Waals surface area contributed by atoms with Crippen LogP contribution in [-0.4, -0.2) is 38.7 Å². The third-order valence-electron chi connectivity index (χ3n) is 4.35. The van der Waals surface area contributed by atoms with Crippen LogP contribution in [0.4, 0.5) is 5.69 Å². The zero-order chi connectivity index (χ0) is 17.3. The fourth-order valence-corrected chi connectivity index (χ4v) is 3.53. The Hall–Kier alpha value is -1.96. The number of primary amides is 1. The first-order chi connectivity index (χ1) is 11.5. The number of nitrogens with two attached hydrogens (primary N) is 1. The van der Waals surface area contributed by atoms with Gasteiger partial charge in [0.1, 0.15) is 12.2 Å². The summed E-state index contributed by atoms with van der Waals surface area (Å²) in [5.74, 6) is 0.756. The SMILES string of the molecule is CC(C)n1cnnc1C1CCCN(c2cc(Br)cnc2C(N)=O)C1. The standard InChI is InChI=1S/C16H21BrN6O/c1-10(2)23-9-20-21-16(23)11-4-3-5-22(8-11)13-6-12(17)7-19-14(13)15(18)24/h6-7,9-11H,3-5,8H2,1-2H3,(H2,18,24). The molecule has 0 bridgehead atoms. The van der Waals surface area contributed by atoms with Crippen LogP contribution < -0.4 is 10.6 Å². The molecule has 0 saturated carbocycles. The van der Waals surface area contributed by atoms with Crippen molar-refractivity contribution < 1.29 is 4.79 Å². The van der Waals surface area contributed by atoms with E-state index in [9.17, 15) is 4.79 Å². The maximum absolute atomic E-state index is 11.7. The lowest BCUT2D eigenvalue weighted by molar-refractivity contribution is 0.0996. The van der Waals surface area contributed by atoms with E-state index >= 15 is 0 Å². The predicted octanol–water partition coefficient (Wildman–Crippen LogP) is 2.50. The van der Waals surface area contributed by atoms with Crippen molar-refractivity contribution in [2.75, 3.05) is 18.0 Å². The van der Waals surface area contributed by atoms with Crippen molar-refractivity contribution >= 4 is 27.5 Å². The van der Waals surface area contributed by atoms with Crippen LogP contribution >= 0.6 is 15.9 Å². The zero-order valence-corrected chi connectivity index (χ0v) is 15.4. The highest BCUT2D eigenvalue weighted by molar-refractivity contribution is 9.10. The second-order valence-corrected chi connectivity index (χ2v) is 7.28. The van der Waals surface area contributed by atoms with E-state index in [0.717, 1.165) is 41.9 Å². The third kappa shape index (κ3) is 3.28. The van der Waals surface area contributed by atoms with Gasteiger partial charge in [0.05, 0.1) is 5.69 Å². The monoisotopic (exact) mass is 392 g/mol. The van der Waals surface area contributed by atoms with E-state index in [1.165, 1.54) is 0 Å². The normalized spacial score (nSPS) is 18.2. The maximum Gasteiger partial charge on any atom is 0.269 e. The zero-order valence-electron chi connectivity index (χ0n) is 13.8. The first-order valence-electron chi connectivity index (χ1n) is 8.07. The molecule has 1 saturated heterocycles. The number of piperidine rings is 1. The summed E-state index contributed by atoms with van der Waals surface area (Å²) in [6.45, 7) is 5.88. The first-order valence-corrected chi connectivity index (χ1v) is 8.86. The highest BCUT2D eigenvalue weighted by Crippen LogP contribution is 2.32. The van der Waals surface area contributed by atoms with E-state index in [1.807, 2.05) is 6.07 Å². The van der Waals surface area contributed by atoms with Gasteiger partial charge in [0, 0.05) is 35.7 Å². The van der Waals surface area contributed by atoms with Gasteiger partial charge in [-0.05, 0) is 48.7 Å². The molecule has 0 radical (unpaired) electrons. The minimum atomic E-state index is -0.509. The average Bonchev–Trinajstić information content (AvgIpc) is 3.04. The minimum absolute atomic E-state index is 0.267. The van der Waals surface area contributed by atoms with Crippen LogP contribution in [0, 0.1) is 0 Å². The van der Waals surface area contributed by atoms with E-state index in [2.05, 4.69) is 54.4 Å². The Morgan fingerprint density at radius 1 is 1.46 bits per heavy atom. The molecule has 3 heterocycles. The topological polar surface area (TPSA) is 89.9 Å². The Morgan fingerprint density at radius 3 is 2.96 bits per heavy atom. The molecular formula is C16H21BrN6O. The molecule has 0 spiro atoms. The van der Waals surface area contributed by atoms with Gasteiger partial charge in [-0.15, -0.1) is 10.2 Å². The van der Waals surface area contributed by atoms with Crippen molar-refractivity contribution in [1.29, 1.82) is 0 Å². The third-order valence-corrected chi connectivity index (χ3v) is 4.79. The largest absolute Gasteiger partial charge is 0.369 e. The number of hydrogen-bond donors (Lipinski definition) is 1. The molecular weight excluding hydrogens is 372 g/mol. The Labute approximate surface area is 149 Å². The van der Waals surface area contributed by atoms with Crippen molar-refractivity contribution in [1.82, 2.24) is 19.7 Å². The Bertz CT molecular complexity index is 744. The maximum atomic E-state index is 11.7. The summed E-state index contributed by atoms with van der Waals surface area (Å²) in [5, 5.41) is 8.41. The van der Waals surface area contributed by atoms with Gasteiger partial charge in [0.15, 0.2) is 5.69 Å². The highest BCUT2D eigenvalue weighted by Gasteiger charge is 2.28. The highest BCUT2D eigenvalue weighted by atomic mass is 79.9. The molecule has 128 valence electrons. The van der Waals surface area contributed by atoms with Crippen LogP contribution in [0.3, 0.4) is 0 Å². The quantitative estimate of drug-likeness (QED) is 0.862. The van der Waals surface area contributed by atoms with Gasteiger partial charge in [-0.1, -0.05) is 0 Å². The van der Waals surface area contributed by atoms with E-state index < -0.39 is 5.91 Å². The second kappa shape index (κ2) is 6.88. The molecule has 2 aromatic rings. The predicted molar refractivity (Wildman–Crippen MR) is 95.0 cm³/mol. The second-order valence-electron chi connectivity index (χ2n) is 6.36. The lowest BCUT2D eigenvalue weighted by Gasteiger charge is -2.35. The molecule has 1 fully saturated rings. The molecule has 0 aromatic carbocycles. The lowest BCUT2D eigenvalue weighted by Crippen LogP contribution is -2.37. The number of halogens is 1. The van der Waals surface area contributed by atoms with Gasteiger partial charge in [-0.3, -0.25) is 4.79 Å². The summed E-state index contributed by atoms with van der Waals surface area (Å²) in [6, 6.07) is 2.22. The van der Waals surface area contributed by atoms with Gasteiger partial charge >= 0.3 is 0 Å². The number of nitrogens with zero attached hydrogens (tertiary/aromatic N) is 5. The van der Waals surface area contributed by atoms with Crippen molar-refractivity contribution in [3.63, 3.8) is 0 Å². The summed E-state index contributed by atoms with van der Waals surface area (Å²) in [6.07, 6.45) is 5.45. The molecule has 8 heteroatoms. The average molecular weight is 393 g/mol. The molecule has 1 aliphatic rings. The van der Waals surface area contributed by atoms with Gasteiger partial charge < -0.3 is 15.2 Å². The van der Waals surface area contributed by atoms with Crippen LogP contribution in [0.25, 0.3) is 0 Å². The van der Waals surface area contributed by atoms with Crippen LogP contribution in [0.5, 0.6) is 0 Å². The Kier molecular flexibility index (Phi) is 4.84. The molecule has 0 aliphatic carbocycles. The summed E-state index contributed by atoms with van der Waals surface area (Å²) < 4.78 is 2.94. The van der Waals surface area contributed by atoms with Crippen LogP contribution in [0.1, 0.15) is 55.0 Å². The molecule has 2 N–H and O–H groups in total. The van der Waals surface area contributed by atoms with Crippen LogP contribution in [0.15, 0.2) is 23.1 Å². The van der Waals surface area contributed by atoms with Crippen molar-refractivity contribution in [2.45, 2.75) is 38.6 Å². The molecule has 1 unspecified atom stereocenters. The van der Waals surface area contributed by atoms with Gasteiger partial charge in [0.25, 0.3) is 5.91 Å². The minimum Gasteiger partial charge on any atom is -0.369 e. The summed E-state index contributed by atoms with van der Waals surface area (Å²) in [4.78, 5) is 18.1. The number of carbonyl (C=O) groups is 1. The van der Waals surface area contributed by atoms with E-state index in [0.29, 0.717) is 11.7 Å². The van der Waals surface area contributed by atoms with E-state index in [1.54, 1.807) is 12.5 Å². The van der Waals surface area contributed by atoms with E-state index in [4.69, 9.17) is 5.73 Å². The fraction of sp³-hybridized carbons (Fsp3) is 0.500. The Balaban J connectivity index is 1.90. The van der Waals surface area contributed by atoms with Crippen LogP contribution in [-0.2, 0) is 0 Å². The van der Waals surface area contributed by atoms with E-state index in [-0.39, 0.29) is 5.92 Å². The van der Waals surface area contributed by atoms with Gasteiger partial charge in [0.2, 0.25) is 0 Å². The van der Waals surface area contributed by atoms with Gasteiger partial charge in [-0.2, -0.15) is 0 Å². The molecule has 3 rings (SSSR count). The van der Waals surface area contributed by atoms with Crippen LogP contribution in [0.2, 0.25) is 0 Å². The summed E-state index contributed by atoms with van der Waals surface area (Å²) in [5.41, 5.74) is 6.58. The van der Waals surface area contributed by atoms with Crippen molar-refractivity contribution in [3.05, 3.63) is 34.6 Å². The molecule has 7 nitrogen and oxygen atoms in total. The molecule has 2 aromatic heterocycles. The molecule has 1 amide bonds. The van der Waals surface area contributed by atoms with Gasteiger partial charge in [-0.25, -0.2) is 4.98 Å². The number of aromatic nitrogens is 4. The number of pyridine rings is 1. The number of rotatable bonds is 4. The number of carbonyl (C=O) groups excluding carboxylic acids is 1. The molecule has 1 atom stereocenters. The van der Waals surface area contributed by atoms with Crippen molar-refractivity contribution in [3.8, 4) is 0 Å². The number of hydrogen-bond acceptors (Lipinski definition) is 5. The molecule has 24 heavy (non-hydrogen) atoms.